The van der Waals surface area contributed by atoms with Gasteiger partial charge in [-0.2, -0.15) is 0 Å². The van der Waals surface area contributed by atoms with E-state index in [4.69, 9.17) is 0 Å². The summed E-state index contributed by atoms with van der Waals surface area (Å²) in [6.45, 7) is 4.26. The monoisotopic (exact) mass is 414 g/mol. The summed E-state index contributed by atoms with van der Waals surface area (Å²) in [6.07, 6.45) is 4.32. The predicted molar refractivity (Wildman–Crippen MR) is 138 cm³/mol. The zero-order valence-corrected chi connectivity index (χ0v) is 18.4. The van der Waals surface area contributed by atoms with Gasteiger partial charge in [-0.15, -0.1) is 0 Å². The van der Waals surface area contributed by atoms with Gasteiger partial charge in [0.25, 0.3) is 0 Å². The third-order valence-corrected chi connectivity index (χ3v) is 5.84. The van der Waals surface area contributed by atoms with Gasteiger partial charge < -0.3 is 9.88 Å². The van der Waals surface area contributed by atoms with Crippen LogP contribution in [0.2, 0.25) is 0 Å². The number of nitrogens with one attached hydrogen (secondary N) is 1. The molecule has 5 rings (SSSR count). The molecule has 156 valence electrons. The van der Waals surface area contributed by atoms with Crippen molar-refractivity contribution >= 4 is 33.1 Å². The van der Waals surface area contributed by atoms with E-state index >= 15 is 0 Å². The van der Waals surface area contributed by atoms with Crippen molar-refractivity contribution in [2.24, 2.45) is 0 Å². The maximum absolute atomic E-state index is 3.44. The first-order chi connectivity index (χ1) is 15.7. The van der Waals surface area contributed by atoms with Crippen molar-refractivity contribution in [2.75, 3.05) is 5.32 Å². The Kier molecular flexibility index (Phi) is 5.35. The fourth-order valence-corrected chi connectivity index (χ4v) is 4.21. The average molecular weight is 415 g/mol. The van der Waals surface area contributed by atoms with Gasteiger partial charge in [-0.1, -0.05) is 72.8 Å². The largest absolute Gasteiger partial charge is 0.359 e. The van der Waals surface area contributed by atoms with Crippen LogP contribution in [0.15, 0.2) is 121 Å². The van der Waals surface area contributed by atoms with Gasteiger partial charge in [0.1, 0.15) is 0 Å². The molecule has 0 unspecified atom stereocenters. The molecule has 2 nitrogen and oxygen atoms in total. The molecule has 1 heterocycles. The maximum atomic E-state index is 3.44. The second-order valence-electron chi connectivity index (χ2n) is 8.11. The molecule has 1 aromatic heterocycles. The summed E-state index contributed by atoms with van der Waals surface area (Å²) in [6, 6.07) is 36.3. The summed E-state index contributed by atoms with van der Waals surface area (Å²) < 4.78 is 2.36. The number of allylic oxidation sites excluding steroid dienone is 4. The van der Waals surface area contributed by atoms with E-state index in [0.717, 1.165) is 11.4 Å². The molecular formula is C30H26N2. The Morgan fingerprint density at radius 2 is 1.31 bits per heavy atom. The van der Waals surface area contributed by atoms with Crippen molar-refractivity contribution in [3.05, 3.63) is 127 Å². The van der Waals surface area contributed by atoms with Crippen LogP contribution >= 0.6 is 0 Å². The van der Waals surface area contributed by atoms with Crippen LogP contribution in [0.4, 0.5) is 5.69 Å². The Hall–Kier alpha value is -4.04. The lowest BCUT2D eigenvalue weighted by molar-refractivity contribution is 1.18. The first kappa shape index (κ1) is 19.9. The van der Waals surface area contributed by atoms with Gasteiger partial charge in [0.05, 0.1) is 11.0 Å². The van der Waals surface area contributed by atoms with E-state index in [0.29, 0.717) is 0 Å². The van der Waals surface area contributed by atoms with Crippen LogP contribution in [0.5, 0.6) is 0 Å². The molecule has 5 aromatic rings. The van der Waals surface area contributed by atoms with Gasteiger partial charge >= 0.3 is 0 Å². The molecule has 0 saturated carbocycles. The number of para-hydroxylation sites is 3. The van der Waals surface area contributed by atoms with Gasteiger partial charge in [-0.3, -0.25) is 0 Å². The molecule has 0 aliphatic rings. The summed E-state index contributed by atoms with van der Waals surface area (Å²) in [7, 11) is 0. The van der Waals surface area contributed by atoms with Crippen LogP contribution in [0.3, 0.4) is 0 Å². The van der Waals surface area contributed by atoms with E-state index in [-0.39, 0.29) is 0 Å². The number of fused-ring (bicyclic) bond motifs is 3. The van der Waals surface area contributed by atoms with Gasteiger partial charge in [0, 0.05) is 27.8 Å². The Balaban J connectivity index is 1.56. The highest BCUT2D eigenvalue weighted by atomic mass is 15.0. The topological polar surface area (TPSA) is 17.0 Å². The van der Waals surface area contributed by atoms with Crippen molar-refractivity contribution in [1.82, 2.24) is 4.57 Å². The normalized spacial score (nSPS) is 12.4. The van der Waals surface area contributed by atoms with Gasteiger partial charge in [0.15, 0.2) is 0 Å². The van der Waals surface area contributed by atoms with E-state index in [1.807, 2.05) is 18.2 Å². The highest BCUT2D eigenvalue weighted by Crippen LogP contribution is 2.33. The molecule has 0 bridgehead atoms. The van der Waals surface area contributed by atoms with Crippen LogP contribution in [-0.4, -0.2) is 4.57 Å². The molecule has 0 atom stereocenters. The van der Waals surface area contributed by atoms with Crippen molar-refractivity contribution in [2.45, 2.75) is 13.8 Å². The van der Waals surface area contributed by atoms with Crippen LogP contribution in [0.25, 0.3) is 33.1 Å². The number of hydrogen-bond donors (Lipinski definition) is 1. The Morgan fingerprint density at radius 3 is 2.09 bits per heavy atom. The first-order valence-corrected chi connectivity index (χ1v) is 11.0. The number of benzene rings is 4. The fourth-order valence-electron chi connectivity index (χ4n) is 4.21. The van der Waals surface area contributed by atoms with Gasteiger partial charge in [-0.25, -0.2) is 0 Å². The molecule has 0 saturated heterocycles. The van der Waals surface area contributed by atoms with Crippen LogP contribution in [0.1, 0.15) is 19.4 Å². The number of nitrogens with zero attached hydrogens (tertiary/aromatic N) is 1. The summed E-state index contributed by atoms with van der Waals surface area (Å²) in [5.74, 6) is 0. The molecule has 0 aliphatic carbocycles. The first-order valence-electron chi connectivity index (χ1n) is 11.0. The summed E-state index contributed by atoms with van der Waals surface area (Å²) in [4.78, 5) is 0. The zero-order chi connectivity index (χ0) is 21.9. The molecule has 0 fully saturated rings. The molecule has 2 heteroatoms. The van der Waals surface area contributed by atoms with Gasteiger partial charge in [-0.05, 0) is 67.5 Å². The summed E-state index contributed by atoms with van der Waals surface area (Å²) in [5, 5.41) is 6.00. The minimum absolute atomic E-state index is 1.10. The summed E-state index contributed by atoms with van der Waals surface area (Å²) in [5.41, 5.74) is 8.30. The van der Waals surface area contributed by atoms with Crippen molar-refractivity contribution in [1.29, 1.82) is 0 Å². The third-order valence-electron chi connectivity index (χ3n) is 5.84. The highest BCUT2D eigenvalue weighted by molar-refractivity contribution is 6.09. The highest BCUT2D eigenvalue weighted by Gasteiger charge is 2.12. The number of rotatable bonds is 5. The van der Waals surface area contributed by atoms with E-state index in [1.54, 1.807) is 0 Å². The standard InChI is InChI=1S/C30H26N2/c1-22(17-18-23(2)31-25-11-5-3-6-12-25)24-19-20-28-27-15-9-10-16-29(27)32(30(28)21-24)26-13-7-4-8-14-26/h3-21,31H,1-2H3/b22-17+,23-18+. The summed E-state index contributed by atoms with van der Waals surface area (Å²) >= 11 is 0. The lowest BCUT2D eigenvalue weighted by Crippen LogP contribution is -1.94. The predicted octanol–water partition coefficient (Wildman–Crippen LogP) is 8.20. The second kappa shape index (κ2) is 8.60. The van der Waals surface area contributed by atoms with Crippen LogP contribution in [0, 0.1) is 0 Å². The van der Waals surface area contributed by atoms with Crippen molar-refractivity contribution < 1.29 is 0 Å². The lowest BCUT2D eigenvalue weighted by Gasteiger charge is -2.09. The minimum atomic E-state index is 1.10. The maximum Gasteiger partial charge on any atom is 0.0547 e. The second-order valence-corrected chi connectivity index (χ2v) is 8.11. The van der Waals surface area contributed by atoms with E-state index in [2.05, 4.69) is 121 Å². The Morgan fingerprint density at radius 1 is 0.656 bits per heavy atom. The minimum Gasteiger partial charge on any atom is -0.359 e. The molecular weight excluding hydrogens is 388 g/mol. The van der Waals surface area contributed by atoms with Crippen LogP contribution < -0.4 is 5.32 Å². The molecule has 32 heavy (non-hydrogen) atoms. The molecule has 1 N–H and O–H groups in total. The average Bonchev–Trinajstić information content (AvgIpc) is 3.17. The van der Waals surface area contributed by atoms with E-state index in [1.165, 1.54) is 38.6 Å². The number of hydrogen-bond acceptors (Lipinski definition) is 1. The Labute approximate surface area is 189 Å². The SMILES string of the molecule is C/C(=C\C=C(/C)c1ccc2c3ccccc3n(-c3ccccc3)c2c1)Nc1ccccc1. The van der Waals surface area contributed by atoms with Crippen molar-refractivity contribution in [3.8, 4) is 5.69 Å². The number of anilines is 1. The molecule has 0 radical (unpaired) electrons. The smallest absolute Gasteiger partial charge is 0.0547 e. The quantitative estimate of drug-likeness (QED) is 0.287. The number of aromatic nitrogens is 1. The van der Waals surface area contributed by atoms with E-state index in [9.17, 15) is 0 Å². The zero-order valence-electron chi connectivity index (χ0n) is 18.4. The molecule has 0 aliphatic heterocycles. The van der Waals surface area contributed by atoms with Gasteiger partial charge in [0.2, 0.25) is 0 Å². The lowest BCUT2D eigenvalue weighted by atomic mass is 10.0. The van der Waals surface area contributed by atoms with Crippen LogP contribution in [-0.2, 0) is 0 Å². The molecule has 4 aromatic carbocycles. The third kappa shape index (κ3) is 3.83. The van der Waals surface area contributed by atoms with E-state index < -0.39 is 0 Å². The fraction of sp³-hybridized carbons (Fsp3) is 0.0667. The molecule has 0 spiro atoms. The van der Waals surface area contributed by atoms with Crippen molar-refractivity contribution in [3.63, 3.8) is 0 Å². The Bertz CT molecular complexity index is 1440. The molecule has 0 amide bonds.